The highest BCUT2D eigenvalue weighted by Gasteiger charge is 2.12. The standard InChI is InChI=1S/C14H19N3OS/c1-4-10(2)19-9-13-16-14(18-17-13)11-7-5-6-8-12(11)15-3/h5-8,10,15H,4,9H2,1-3H3. The number of hydrogen-bond acceptors (Lipinski definition) is 5. The summed E-state index contributed by atoms with van der Waals surface area (Å²) in [6.45, 7) is 4.39. The number of benzene rings is 1. The number of rotatable bonds is 6. The van der Waals surface area contributed by atoms with Crippen LogP contribution in [0.4, 0.5) is 5.69 Å². The van der Waals surface area contributed by atoms with E-state index in [9.17, 15) is 0 Å². The van der Waals surface area contributed by atoms with Crippen LogP contribution >= 0.6 is 11.8 Å². The minimum atomic E-state index is 0.574. The zero-order chi connectivity index (χ0) is 13.7. The molecule has 19 heavy (non-hydrogen) atoms. The van der Waals surface area contributed by atoms with Crippen molar-refractivity contribution >= 4 is 17.4 Å². The molecule has 1 unspecified atom stereocenters. The molecule has 0 saturated heterocycles. The molecule has 1 aromatic heterocycles. The highest BCUT2D eigenvalue weighted by Crippen LogP contribution is 2.27. The van der Waals surface area contributed by atoms with Gasteiger partial charge in [0.25, 0.3) is 5.89 Å². The van der Waals surface area contributed by atoms with Gasteiger partial charge in [-0.25, -0.2) is 0 Å². The molecule has 0 fully saturated rings. The number of para-hydroxylation sites is 1. The zero-order valence-electron chi connectivity index (χ0n) is 11.5. The second-order valence-electron chi connectivity index (χ2n) is 4.34. The molecule has 1 atom stereocenters. The molecule has 0 aliphatic heterocycles. The first-order valence-electron chi connectivity index (χ1n) is 6.46. The molecule has 5 heteroatoms. The normalized spacial score (nSPS) is 12.4. The molecule has 2 rings (SSSR count). The first-order chi connectivity index (χ1) is 9.24. The Bertz CT molecular complexity index is 527. The monoisotopic (exact) mass is 277 g/mol. The molecule has 4 nitrogen and oxygen atoms in total. The number of thioether (sulfide) groups is 1. The lowest BCUT2D eigenvalue weighted by molar-refractivity contribution is 0.425. The molecule has 2 aromatic rings. The fourth-order valence-corrected chi connectivity index (χ4v) is 2.43. The highest BCUT2D eigenvalue weighted by molar-refractivity contribution is 7.99. The average Bonchev–Trinajstić information content (AvgIpc) is 2.93. The Labute approximate surface area is 118 Å². The van der Waals surface area contributed by atoms with E-state index >= 15 is 0 Å². The molecular weight excluding hydrogens is 258 g/mol. The minimum Gasteiger partial charge on any atom is -0.387 e. The third kappa shape index (κ3) is 3.50. The van der Waals surface area contributed by atoms with Crippen LogP contribution < -0.4 is 5.32 Å². The van der Waals surface area contributed by atoms with Gasteiger partial charge in [0.15, 0.2) is 5.82 Å². The lowest BCUT2D eigenvalue weighted by Gasteiger charge is -2.04. The zero-order valence-corrected chi connectivity index (χ0v) is 12.3. The van der Waals surface area contributed by atoms with E-state index in [-0.39, 0.29) is 0 Å². The molecule has 0 radical (unpaired) electrons. The molecule has 0 aliphatic carbocycles. The maximum absolute atomic E-state index is 5.34. The van der Waals surface area contributed by atoms with Crippen LogP contribution in [0.25, 0.3) is 11.5 Å². The van der Waals surface area contributed by atoms with Crippen molar-refractivity contribution in [1.82, 2.24) is 10.1 Å². The average molecular weight is 277 g/mol. The number of nitrogens with zero attached hydrogens (tertiary/aromatic N) is 2. The fourth-order valence-electron chi connectivity index (χ4n) is 1.64. The summed E-state index contributed by atoms with van der Waals surface area (Å²) in [6.07, 6.45) is 1.15. The van der Waals surface area contributed by atoms with Crippen LogP contribution in [-0.4, -0.2) is 22.4 Å². The quantitative estimate of drug-likeness (QED) is 0.870. The first-order valence-corrected chi connectivity index (χ1v) is 7.50. The molecule has 1 N–H and O–H groups in total. The van der Waals surface area contributed by atoms with Crippen molar-refractivity contribution in [3.63, 3.8) is 0 Å². The Morgan fingerprint density at radius 1 is 1.37 bits per heavy atom. The summed E-state index contributed by atoms with van der Waals surface area (Å²) in [6, 6.07) is 7.91. The van der Waals surface area contributed by atoms with Crippen molar-refractivity contribution < 1.29 is 4.52 Å². The van der Waals surface area contributed by atoms with E-state index < -0.39 is 0 Å². The summed E-state index contributed by atoms with van der Waals surface area (Å²) in [4.78, 5) is 4.46. The Morgan fingerprint density at radius 2 is 2.16 bits per heavy atom. The summed E-state index contributed by atoms with van der Waals surface area (Å²) in [5.74, 6) is 2.12. The molecule has 1 aromatic carbocycles. The van der Waals surface area contributed by atoms with Gasteiger partial charge >= 0.3 is 0 Å². The van der Waals surface area contributed by atoms with E-state index in [1.807, 2.05) is 43.1 Å². The summed E-state index contributed by atoms with van der Waals surface area (Å²) in [7, 11) is 1.88. The van der Waals surface area contributed by atoms with Gasteiger partial charge in [0, 0.05) is 18.0 Å². The summed E-state index contributed by atoms with van der Waals surface area (Å²) in [5.41, 5.74) is 1.93. The second-order valence-corrected chi connectivity index (χ2v) is 5.77. The van der Waals surface area contributed by atoms with Gasteiger partial charge in [-0.2, -0.15) is 16.7 Å². The number of nitrogens with one attached hydrogen (secondary N) is 1. The van der Waals surface area contributed by atoms with Gasteiger partial charge in [0.2, 0.25) is 0 Å². The third-order valence-corrected chi connectivity index (χ3v) is 4.29. The van der Waals surface area contributed by atoms with E-state index in [0.717, 1.165) is 29.2 Å². The topological polar surface area (TPSA) is 51.0 Å². The van der Waals surface area contributed by atoms with E-state index in [1.165, 1.54) is 0 Å². The molecule has 0 amide bonds. The van der Waals surface area contributed by atoms with E-state index in [0.29, 0.717) is 11.1 Å². The molecule has 102 valence electrons. The van der Waals surface area contributed by atoms with Crippen LogP contribution in [0.2, 0.25) is 0 Å². The fraction of sp³-hybridized carbons (Fsp3) is 0.429. The Hall–Kier alpha value is -1.49. The molecule has 0 bridgehead atoms. The highest BCUT2D eigenvalue weighted by atomic mass is 32.2. The van der Waals surface area contributed by atoms with Gasteiger partial charge in [-0.15, -0.1) is 0 Å². The van der Waals surface area contributed by atoms with E-state index in [2.05, 4.69) is 29.3 Å². The van der Waals surface area contributed by atoms with Gasteiger partial charge in [-0.05, 0) is 18.6 Å². The van der Waals surface area contributed by atoms with Gasteiger partial charge in [0.1, 0.15) is 0 Å². The molecular formula is C14H19N3OS. The lowest BCUT2D eigenvalue weighted by Crippen LogP contribution is -1.95. The van der Waals surface area contributed by atoms with E-state index in [1.54, 1.807) is 0 Å². The summed E-state index contributed by atoms with van der Waals surface area (Å²) in [5, 5.41) is 7.79. The van der Waals surface area contributed by atoms with Gasteiger partial charge in [0.05, 0.1) is 11.3 Å². The largest absolute Gasteiger partial charge is 0.387 e. The summed E-state index contributed by atoms with van der Waals surface area (Å²) < 4.78 is 5.34. The Balaban J connectivity index is 2.12. The van der Waals surface area contributed by atoms with Crippen LogP contribution in [0.15, 0.2) is 28.8 Å². The maximum atomic E-state index is 5.34. The number of hydrogen-bond donors (Lipinski definition) is 1. The van der Waals surface area contributed by atoms with Crippen LogP contribution in [0, 0.1) is 0 Å². The van der Waals surface area contributed by atoms with Crippen molar-refractivity contribution in [2.45, 2.75) is 31.3 Å². The number of anilines is 1. The maximum Gasteiger partial charge on any atom is 0.260 e. The van der Waals surface area contributed by atoms with Crippen molar-refractivity contribution in [2.24, 2.45) is 0 Å². The smallest absolute Gasteiger partial charge is 0.260 e. The molecule has 0 saturated carbocycles. The van der Waals surface area contributed by atoms with E-state index in [4.69, 9.17) is 4.52 Å². The van der Waals surface area contributed by atoms with Crippen LogP contribution in [0.5, 0.6) is 0 Å². The first kappa shape index (κ1) is 13.9. The van der Waals surface area contributed by atoms with Crippen LogP contribution in [-0.2, 0) is 5.75 Å². The third-order valence-electron chi connectivity index (χ3n) is 2.97. The van der Waals surface area contributed by atoms with Crippen molar-refractivity contribution in [3.8, 4) is 11.5 Å². The van der Waals surface area contributed by atoms with Gasteiger partial charge < -0.3 is 9.84 Å². The van der Waals surface area contributed by atoms with Crippen LogP contribution in [0.3, 0.4) is 0 Å². The predicted molar refractivity (Wildman–Crippen MR) is 80.3 cm³/mol. The van der Waals surface area contributed by atoms with Crippen molar-refractivity contribution in [1.29, 1.82) is 0 Å². The predicted octanol–water partition coefficient (Wildman–Crippen LogP) is 3.81. The minimum absolute atomic E-state index is 0.574. The van der Waals surface area contributed by atoms with Gasteiger partial charge in [-0.1, -0.05) is 31.1 Å². The van der Waals surface area contributed by atoms with Crippen molar-refractivity contribution in [3.05, 3.63) is 30.1 Å². The molecule has 1 heterocycles. The Kier molecular flexibility index (Phi) is 4.85. The van der Waals surface area contributed by atoms with Crippen LogP contribution in [0.1, 0.15) is 26.1 Å². The SMILES string of the molecule is CCC(C)SCc1noc(-c2ccccc2NC)n1. The number of aromatic nitrogens is 2. The Morgan fingerprint density at radius 3 is 2.89 bits per heavy atom. The molecule has 0 aliphatic rings. The second kappa shape index (κ2) is 6.61. The molecule has 0 spiro atoms. The lowest BCUT2D eigenvalue weighted by atomic mass is 10.2. The van der Waals surface area contributed by atoms with Gasteiger partial charge in [-0.3, -0.25) is 0 Å². The van der Waals surface area contributed by atoms with Crippen molar-refractivity contribution in [2.75, 3.05) is 12.4 Å². The summed E-state index contributed by atoms with van der Waals surface area (Å²) >= 11 is 1.85.